The zero-order valence-corrected chi connectivity index (χ0v) is 11.9. The van der Waals surface area contributed by atoms with Crippen molar-refractivity contribution in [2.75, 3.05) is 19.8 Å². The quantitative estimate of drug-likeness (QED) is 0.916. The van der Waals surface area contributed by atoms with Crippen molar-refractivity contribution in [3.05, 3.63) is 47.1 Å². The van der Waals surface area contributed by atoms with E-state index in [1.54, 1.807) is 0 Å². The molecule has 3 heterocycles. The van der Waals surface area contributed by atoms with Gasteiger partial charge in [-0.3, -0.25) is 0 Å². The standard InChI is InChI=1S/C16H19N3O2/c1-2-4-13-12(3-1)9-17-10-14(13)16-18-15(19-21-16)11-5-7-20-8-6-11/h1-4,11,14,17H,5-10H2. The van der Waals surface area contributed by atoms with E-state index in [0.29, 0.717) is 5.92 Å². The van der Waals surface area contributed by atoms with Crippen molar-refractivity contribution in [2.24, 2.45) is 0 Å². The van der Waals surface area contributed by atoms with E-state index in [0.717, 1.165) is 50.9 Å². The van der Waals surface area contributed by atoms with Crippen molar-refractivity contribution in [2.45, 2.75) is 31.2 Å². The summed E-state index contributed by atoms with van der Waals surface area (Å²) in [4.78, 5) is 4.68. The molecule has 4 rings (SSSR count). The molecule has 2 aliphatic heterocycles. The lowest BCUT2D eigenvalue weighted by molar-refractivity contribution is 0.0830. The molecule has 110 valence electrons. The lowest BCUT2D eigenvalue weighted by Crippen LogP contribution is -2.29. The molecule has 1 fully saturated rings. The van der Waals surface area contributed by atoms with Crippen LogP contribution in [0.4, 0.5) is 0 Å². The van der Waals surface area contributed by atoms with Gasteiger partial charge in [-0.05, 0) is 24.0 Å². The first kappa shape index (κ1) is 13.0. The monoisotopic (exact) mass is 285 g/mol. The van der Waals surface area contributed by atoms with Crippen LogP contribution in [-0.4, -0.2) is 29.9 Å². The van der Waals surface area contributed by atoms with E-state index in [2.05, 4.69) is 39.7 Å². The van der Waals surface area contributed by atoms with Crippen molar-refractivity contribution in [1.29, 1.82) is 0 Å². The van der Waals surface area contributed by atoms with E-state index >= 15 is 0 Å². The summed E-state index contributed by atoms with van der Waals surface area (Å²) >= 11 is 0. The zero-order chi connectivity index (χ0) is 14.1. The lowest BCUT2D eigenvalue weighted by atomic mass is 9.91. The summed E-state index contributed by atoms with van der Waals surface area (Å²) in [5.74, 6) is 2.12. The molecule has 1 N–H and O–H groups in total. The maximum Gasteiger partial charge on any atom is 0.235 e. The molecule has 1 saturated heterocycles. The van der Waals surface area contributed by atoms with Gasteiger partial charge in [0.15, 0.2) is 5.82 Å². The summed E-state index contributed by atoms with van der Waals surface area (Å²) in [7, 11) is 0. The first-order valence-electron chi connectivity index (χ1n) is 7.61. The Bertz CT molecular complexity index is 619. The molecule has 0 aliphatic carbocycles. The third-order valence-corrected chi connectivity index (χ3v) is 4.44. The normalized spacial score (nSPS) is 23.0. The van der Waals surface area contributed by atoms with E-state index in [-0.39, 0.29) is 5.92 Å². The fourth-order valence-corrected chi connectivity index (χ4v) is 3.23. The maximum atomic E-state index is 5.57. The molecule has 0 amide bonds. The van der Waals surface area contributed by atoms with Crippen LogP contribution in [0, 0.1) is 0 Å². The zero-order valence-electron chi connectivity index (χ0n) is 11.9. The van der Waals surface area contributed by atoms with E-state index in [1.165, 1.54) is 11.1 Å². The highest BCUT2D eigenvalue weighted by molar-refractivity contribution is 5.35. The van der Waals surface area contributed by atoms with Crippen LogP contribution in [0.3, 0.4) is 0 Å². The highest BCUT2D eigenvalue weighted by Crippen LogP contribution is 2.31. The van der Waals surface area contributed by atoms with Crippen LogP contribution in [-0.2, 0) is 11.3 Å². The third kappa shape index (κ3) is 2.47. The van der Waals surface area contributed by atoms with Crippen LogP contribution in [0.25, 0.3) is 0 Å². The van der Waals surface area contributed by atoms with Gasteiger partial charge in [0, 0.05) is 32.2 Å². The molecule has 1 aromatic heterocycles. The Hall–Kier alpha value is -1.72. The summed E-state index contributed by atoms with van der Waals surface area (Å²) in [5.41, 5.74) is 2.62. The van der Waals surface area contributed by atoms with Crippen LogP contribution in [0.1, 0.15) is 47.5 Å². The topological polar surface area (TPSA) is 60.2 Å². The minimum absolute atomic E-state index is 0.163. The molecule has 5 heteroatoms. The average molecular weight is 285 g/mol. The highest BCUT2D eigenvalue weighted by atomic mass is 16.5. The van der Waals surface area contributed by atoms with Crippen molar-refractivity contribution >= 4 is 0 Å². The second-order valence-electron chi connectivity index (χ2n) is 5.76. The number of hydrogen-bond donors (Lipinski definition) is 1. The van der Waals surface area contributed by atoms with Crippen molar-refractivity contribution in [3.8, 4) is 0 Å². The van der Waals surface area contributed by atoms with Crippen LogP contribution in [0.5, 0.6) is 0 Å². The average Bonchev–Trinajstić information content (AvgIpc) is 3.05. The Morgan fingerprint density at radius 2 is 2.00 bits per heavy atom. The van der Waals surface area contributed by atoms with Gasteiger partial charge in [-0.2, -0.15) is 4.98 Å². The number of hydrogen-bond acceptors (Lipinski definition) is 5. The minimum Gasteiger partial charge on any atom is -0.381 e. The minimum atomic E-state index is 0.163. The van der Waals surface area contributed by atoms with Crippen LogP contribution in [0.15, 0.2) is 28.8 Å². The van der Waals surface area contributed by atoms with E-state index < -0.39 is 0 Å². The second-order valence-corrected chi connectivity index (χ2v) is 5.76. The Morgan fingerprint density at radius 1 is 1.14 bits per heavy atom. The molecule has 2 aromatic rings. The van der Waals surface area contributed by atoms with E-state index in [9.17, 15) is 0 Å². The molecule has 21 heavy (non-hydrogen) atoms. The Morgan fingerprint density at radius 3 is 2.90 bits per heavy atom. The third-order valence-electron chi connectivity index (χ3n) is 4.44. The Balaban J connectivity index is 1.61. The summed E-state index contributed by atoms with van der Waals surface area (Å²) in [5, 5.41) is 7.65. The number of benzene rings is 1. The second kappa shape index (κ2) is 5.58. The number of nitrogens with one attached hydrogen (secondary N) is 1. The number of ether oxygens (including phenoxy) is 1. The first-order valence-corrected chi connectivity index (χ1v) is 7.61. The van der Waals surface area contributed by atoms with Gasteiger partial charge in [-0.25, -0.2) is 0 Å². The molecular weight excluding hydrogens is 266 g/mol. The molecule has 5 nitrogen and oxygen atoms in total. The Labute approximate surface area is 123 Å². The predicted octanol–water partition coefficient (Wildman–Crippen LogP) is 2.20. The molecule has 1 aromatic carbocycles. The van der Waals surface area contributed by atoms with E-state index in [4.69, 9.17) is 9.26 Å². The lowest BCUT2D eigenvalue weighted by Gasteiger charge is -2.23. The fraction of sp³-hybridized carbons (Fsp3) is 0.500. The number of aromatic nitrogens is 2. The molecule has 2 aliphatic rings. The molecule has 1 atom stereocenters. The van der Waals surface area contributed by atoms with Crippen molar-refractivity contribution in [1.82, 2.24) is 15.5 Å². The van der Waals surface area contributed by atoms with Crippen LogP contribution < -0.4 is 5.32 Å². The summed E-state index contributed by atoms with van der Waals surface area (Å²) in [6.07, 6.45) is 1.97. The van der Waals surface area contributed by atoms with Gasteiger partial charge in [0.05, 0.1) is 5.92 Å². The smallest absolute Gasteiger partial charge is 0.235 e. The SMILES string of the molecule is c1ccc2c(c1)CNCC2c1nc(C2CCOCC2)no1. The van der Waals surface area contributed by atoms with Gasteiger partial charge in [-0.1, -0.05) is 29.4 Å². The number of fused-ring (bicyclic) bond motifs is 1. The van der Waals surface area contributed by atoms with Gasteiger partial charge < -0.3 is 14.6 Å². The van der Waals surface area contributed by atoms with Gasteiger partial charge in [0.2, 0.25) is 5.89 Å². The van der Waals surface area contributed by atoms with Crippen LogP contribution in [0.2, 0.25) is 0 Å². The largest absolute Gasteiger partial charge is 0.381 e. The number of nitrogens with zero attached hydrogens (tertiary/aromatic N) is 2. The number of rotatable bonds is 2. The van der Waals surface area contributed by atoms with E-state index in [1.807, 2.05) is 0 Å². The highest BCUT2D eigenvalue weighted by Gasteiger charge is 2.28. The summed E-state index contributed by atoms with van der Waals surface area (Å²) in [6.45, 7) is 3.35. The van der Waals surface area contributed by atoms with Crippen molar-refractivity contribution < 1.29 is 9.26 Å². The van der Waals surface area contributed by atoms with Crippen molar-refractivity contribution in [3.63, 3.8) is 0 Å². The molecule has 0 saturated carbocycles. The predicted molar refractivity (Wildman–Crippen MR) is 77.1 cm³/mol. The molecule has 0 radical (unpaired) electrons. The maximum absolute atomic E-state index is 5.57. The molecule has 1 unspecified atom stereocenters. The first-order chi connectivity index (χ1) is 10.4. The Kier molecular flexibility index (Phi) is 3.45. The molecule has 0 bridgehead atoms. The molecule has 0 spiro atoms. The summed E-state index contributed by atoms with van der Waals surface area (Å²) in [6, 6.07) is 8.47. The van der Waals surface area contributed by atoms with Gasteiger partial charge in [0.1, 0.15) is 0 Å². The van der Waals surface area contributed by atoms with Gasteiger partial charge in [0.25, 0.3) is 0 Å². The molecular formula is C16H19N3O2. The van der Waals surface area contributed by atoms with Crippen LogP contribution >= 0.6 is 0 Å². The van der Waals surface area contributed by atoms with Gasteiger partial charge >= 0.3 is 0 Å². The van der Waals surface area contributed by atoms with Gasteiger partial charge in [-0.15, -0.1) is 0 Å². The summed E-state index contributed by atoms with van der Waals surface area (Å²) < 4.78 is 11.0. The fourth-order valence-electron chi connectivity index (χ4n) is 3.23.